The lowest BCUT2D eigenvalue weighted by Crippen LogP contribution is -2.58. The van der Waals surface area contributed by atoms with Gasteiger partial charge in [0.2, 0.25) is 136 Å². The fourth-order valence-corrected chi connectivity index (χ4v) is 7.45. The van der Waals surface area contributed by atoms with Gasteiger partial charge in [0.05, 0.1) is 85.5 Å². The second-order valence-corrected chi connectivity index (χ2v) is 22.9. The van der Waals surface area contributed by atoms with Gasteiger partial charge < -0.3 is 177 Å². The van der Waals surface area contributed by atoms with Crippen molar-refractivity contribution in [2.75, 3.05) is 72.6 Å². The van der Waals surface area contributed by atoms with Crippen molar-refractivity contribution in [3.8, 4) is 0 Å². The van der Waals surface area contributed by atoms with Crippen LogP contribution in [0.25, 0.3) is 0 Å². The van der Waals surface area contributed by atoms with Crippen molar-refractivity contribution >= 4 is 136 Å². The van der Waals surface area contributed by atoms with Gasteiger partial charge in [0.1, 0.15) is 84.6 Å². The zero-order valence-corrected chi connectivity index (χ0v) is 62.2. The van der Waals surface area contributed by atoms with E-state index >= 15 is 0 Å². The zero-order chi connectivity index (χ0) is 89.6. The van der Waals surface area contributed by atoms with E-state index in [-0.39, 0.29) is 12.8 Å². The van der Waals surface area contributed by atoms with Crippen molar-refractivity contribution in [3.05, 3.63) is 0 Å². The van der Waals surface area contributed by atoms with Crippen LogP contribution >= 0.6 is 0 Å². The lowest BCUT2D eigenvalue weighted by Gasteiger charge is -2.23. The highest BCUT2D eigenvalue weighted by molar-refractivity contribution is 5.99. The van der Waals surface area contributed by atoms with E-state index in [2.05, 4.69) is 69.1 Å². The fourth-order valence-electron chi connectivity index (χ4n) is 7.45. The molecule has 0 radical (unpaired) electrons. The molecule has 0 spiro atoms. The van der Waals surface area contributed by atoms with E-state index in [1.54, 1.807) is 0 Å². The summed E-state index contributed by atoms with van der Waals surface area (Å²) in [5, 5.41) is 122. The van der Waals surface area contributed by atoms with Crippen LogP contribution in [-0.2, 0) is 110 Å². The van der Waals surface area contributed by atoms with Crippen LogP contribution in [0, 0.1) is 0 Å². The Hall–Kier alpha value is -12.6. The Morgan fingerprint density at radius 1 is 0.237 bits per heavy atom. The normalized spacial score (nSPS) is 13.9. The van der Waals surface area contributed by atoms with Crippen LogP contribution in [0.3, 0.4) is 0 Å². The number of nitrogens with one attached hydrogen (secondary N) is 15. The molecule has 23 amide bonds. The molecule has 648 valence electrons. The number of nitrogens with two attached hydrogens (primary N) is 8. The number of primary amides is 8. The number of aliphatic hydroxyl groups is 10. The second-order valence-electron chi connectivity index (χ2n) is 22.9. The molecule has 0 aliphatic heterocycles. The molecule has 0 saturated carbocycles. The average Bonchev–Trinajstić information content (AvgIpc) is 0.887. The summed E-state index contributed by atoms with van der Waals surface area (Å²) in [5.74, 6) is -19.0. The Morgan fingerprint density at radius 2 is 0.439 bits per heavy atom. The Labute approximate surface area is 645 Å². The van der Waals surface area contributed by atoms with Crippen molar-refractivity contribution in [1.29, 1.82) is 0 Å². The van der Waals surface area contributed by atoms with Gasteiger partial charge in [-0.05, 0) is 13.3 Å². The summed E-state index contributed by atoms with van der Waals surface area (Å²) < 4.78 is 0. The Balaban J connectivity index is -0.000000435. The molecule has 0 aromatic carbocycles. The van der Waals surface area contributed by atoms with Gasteiger partial charge >= 0.3 is 0 Å². The van der Waals surface area contributed by atoms with Gasteiger partial charge in [0.15, 0.2) is 0 Å². The monoisotopic (exact) mass is 1650 g/mol. The van der Waals surface area contributed by atoms with Crippen LogP contribution in [0.2, 0.25) is 0 Å². The van der Waals surface area contributed by atoms with Gasteiger partial charge in [-0.3, -0.25) is 110 Å². The van der Waals surface area contributed by atoms with Crippen LogP contribution in [0.1, 0.15) is 67.2 Å². The van der Waals surface area contributed by atoms with Gasteiger partial charge in [-0.2, -0.15) is 0 Å². The topological polar surface area (TPSA) is 984 Å². The van der Waals surface area contributed by atoms with E-state index in [1.807, 2.05) is 10.6 Å². The molecular formula is C58H103N23O33. The van der Waals surface area contributed by atoms with Crippen molar-refractivity contribution in [2.24, 2.45) is 45.9 Å². The highest BCUT2D eigenvalue weighted by atomic mass is 16.3. The molecule has 56 nitrogen and oxygen atoms in total. The van der Waals surface area contributed by atoms with Gasteiger partial charge in [-0.1, -0.05) is 0 Å². The molecule has 0 fully saturated rings. The van der Waals surface area contributed by atoms with Gasteiger partial charge in [0, 0.05) is 41.0 Å². The standard InChI is InChI=1S/C13H23N5O7.2C12H21N5O7.C11H20N4O6.C10H18N4O6/c1-6(21)16-9(5-20)13(25)17-7(2-3-10(14)22)12(24)18-8(4-19)11(15)23;2*1-5(20)15-8(4-19)12(24)16-6(2-9(13)21)11(23)17-7(3-18)10(14)22;1-5(10(20)15-7(3-16)9(12)19)13-11(21)8(4-17)14-6(2)18;1-5(17)13-7(4-16)10(20)12-2-8(18)14-6(3-15)9(11)19/h7-9,19-20H,2-5H2,1H3,(H2,14,22)(H2,15,23)(H,16,21)(H,17,25)(H,18,24);2*6-8,18-19H,2-4H2,1H3,(H2,13,21)(H2,14,22)(H,15,20)(H,16,24)(H,17,23);5,7-8,16-17H,3-4H2,1-2H3,(H2,12,19)(H,13,21)(H,14,18)(H,15,20);6-7,15-16H,2-4H2,1H3,(H2,11,19)(H,12,20)(H,13,17)(H,14,18)/t7-,8-,9-;6-,7+,8-;6-,7-,8+;5-,7-,8-;6-,7-/m01000/s1. The van der Waals surface area contributed by atoms with Gasteiger partial charge in [-0.15, -0.1) is 0 Å². The molecule has 0 unspecified atom stereocenters. The Morgan fingerprint density at radius 3 is 0.667 bits per heavy atom. The highest BCUT2D eigenvalue weighted by Crippen LogP contribution is 2.03. The third-order valence-electron chi connectivity index (χ3n) is 13.2. The predicted molar refractivity (Wildman–Crippen MR) is 377 cm³/mol. The van der Waals surface area contributed by atoms with E-state index in [9.17, 15) is 110 Å². The summed E-state index contributed by atoms with van der Waals surface area (Å²) in [4.78, 5) is 260. The van der Waals surface area contributed by atoms with Crippen LogP contribution in [0.15, 0.2) is 0 Å². The first kappa shape index (κ1) is 110. The summed E-state index contributed by atoms with van der Waals surface area (Å²) in [6.45, 7) is -0.660. The molecule has 0 aromatic rings. The molecule has 0 aliphatic carbocycles. The first-order valence-electron chi connectivity index (χ1n) is 32.7. The van der Waals surface area contributed by atoms with Crippen LogP contribution in [0.4, 0.5) is 0 Å². The predicted octanol–water partition coefficient (Wildman–Crippen LogP) is -23.7. The second kappa shape index (κ2) is 60.2. The van der Waals surface area contributed by atoms with E-state index in [0.717, 1.165) is 20.8 Å². The molecule has 0 heterocycles. The number of hydrogen-bond donors (Lipinski definition) is 33. The summed E-state index contributed by atoms with van der Waals surface area (Å²) in [5.41, 5.74) is 39.7. The summed E-state index contributed by atoms with van der Waals surface area (Å²) in [7, 11) is 0. The maximum atomic E-state index is 12.2. The van der Waals surface area contributed by atoms with Crippen molar-refractivity contribution in [3.63, 3.8) is 0 Å². The van der Waals surface area contributed by atoms with E-state index < -0.39 is 306 Å². The SMILES string of the molecule is CC(=O)N[C@@H](CO)C(=O)NCC(=O)N[C@@H](CO)C(N)=O.CC(=O)N[C@@H](CO)C(=O)N[C@@H](C)C(=O)N[C@@H](CO)C(N)=O.CC(=O)N[C@@H](CO)C(=O)N[C@@H](CCC(N)=O)C(=O)N[C@@H](CO)C(N)=O.CC(=O)N[C@H](CO)C(=O)N[C@@H](CC(N)=O)C(=O)N[C@@H](CO)C(N)=O.CC(=O)N[C@H](CO)C(=O)N[C@H](CC(N)=O)C(=O)N[C@@H](CO)C(N)=O. The first-order chi connectivity index (χ1) is 52.9. The quantitative estimate of drug-likeness (QED) is 0.0269. The molecule has 56 heteroatoms. The van der Waals surface area contributed by atoms with Crippen molar-refractivity contribution in [2.45, 2.75) is 152 Å². The highest BCUT2D eigenvalue weighted by Gasteiger charge is 2.34. The Kier molecular flexibility index (Phi) is 58.1. The maximum Gasteiger partial charge on any atom is 0.245 e. The minimum Gasteiger partial charge on any atom is -0.394 e. The molecule has 0 rings (SSSR count). The maximum absolute atomic E-state index is 12.2. The largest absolute Gasteiger partial charge is 0.394 e. The molecule has 41 N–H and O–H groups in total. The number of aliphatic hydroxyl groups excluding tert-OH is 10. The first-order valence-corrected chi connectivity index (χ1v) is 32.7. The number of amides is 23. The van der Waals surface area contributed by atoms with E-state index in [1.165, 1.54) is 20.8 Å². The van der Waals surface area contributed by atoms with Gasteiger partial charge in [0.25, 0.3) is 0 Å². The van der Waals surface area contributed by atoms with E-state index in [4.69, 9.17) is 96.9 Å². The molecular weight excluding hydrogens is 1550 g/mol. The minimum absolute atomic E-state index is 0.206. The van der Waals surface area contributed by atoms with Crippen molar-refractivity contribution in [1.82, 2.24) is 79.8 Å². The Bertz CT molecular complexity index is 3230. The molecule has 0 aliphatic rings. The van der Waals surface area contributed by atoms with Crippen LogP contribution < -0.4 is 126 Å². The van der Waals surface area contributed by atoms with Crippen LogP contribution in [-0.4, -0.2) is 344 Å². The average molecular weight is 1650 g/mol. The molecule has 0 aromatic heterocycles. The number of carbonyl (C=O) groups is 23. The van der Waals surface area contributed by atoms with E-state index in [0.29, 0.717) is 0 Å². The molecule has 0 saturated heterocycles. The minimum atomic E-state index is -1.49. The summed E-state index contributed by atoms with van der Waals surface area (Å²) in [6.07, 6.45) is -1.70. The number of hydrogen-bond acceptors (Lipinski definition) is 33. The smallest absolute Gasteiger partial charge is 0.245 e. The summed E-state index contributed by atoms with van der Waals surface area (Å²) >= 11 is 0. The lowest BCUT2D eigenvalue weighted by atomic mass is 10.1. The third-order valence-corrected chi connectivity index (χ3v) is 13.2. The third kappa shape index (κ3) is 51.0. The number of carbonyl (C=O) groups excluding carboxylic acids is 23. The number of rotatable bonds is 47. The van der Waals surface area contributed by atoms with Gasteiger partial charge in [-0.25, -0.2) is 0 Å². The summed E-state index contributed by atoms with van der Waals surface area (Å²) in [6, 6.07) is -18.5. The molecule has 114 heavy (non-hydrogen) atoms. The van der Waals surface area contributed by atoms with Crippen molar-refractivity contribution < 1.29 is 161 Å². The lowest BCUT2D eigenvalue weighted by molar-refractivity contribution is -0.135. The van der Waals surface area contributed by atoms with Crippen LogP contribution in [0.5, 0.6) is 0 Å². The molecule has 0 bridgehead atoms. The zero-order valence-electron chi connectivity index (χ0n) is 62.2. The molecule has 14 atom stereocenters. The fraction of sp³-hybridized carbons (Fsp3) is 0.603.